The fourth-order valence-electron chi connectivity index (χ4n) is 1.52. The van der Waals surface area contributed by atoms with Crippen LogP contribution in [0.15, 0.2) is 23.1 Å². The van der Waals surface area contributed by atoms with Gasteiger partial charge in [-0.05, 0) is 44.0 Å². The zero-order chi connectivity index (χ0) is 13.2. The Balaban J connectivity index is 3.09. The molecule has 0 heterocycles. The Morgan fingerprint density at radius 2 is 1.88 bits per heavy atom. The largest absolute Gasteiger partial charge is 0.392 e. The van der Waals surface area contributed by atoms with Crippen molar-refractivity contribution in [2.75, 3.05) is 13.6 Å². The second-order valence-electron chi connectivity index (χ2n) is 4.38. The lowest BCUT2D eigenvalue weighted by molar-refractivity contribution is 0.171. The summed E-state index contributed by atoms with van der Waals surface area (Å²) in [6.07, 6.45) is -0.679. The van der Waals surface area contributed by atoms with E-state index in [0.29, 0.717) is 0 Å². The van der Waals surface area contributed by atoms with E-state index in [1.165, 1.54) is 11.4 Å². The van der Waals surface area contributed by atoms with Crippen molar-refractivity contribution in [1.82, 2.24) is 4.31 Å². The smallest absolute Gasteiger partial charge is 0.242 e. The summed E-state index contributed by atoms with van der Waals surface area (Å²) in [5, 5.41) is 9.23. The van der Waals surface area contributed by atoms with E-state index >= 15 is 0 Å². The number of likely N-dealkylation sites (N-methyl/N-ethyl adjacent to an activating group) is 1. The van der Waals surface area contributed by atoms with Gasteiger partial charge >= 0.3 is 0 Å². The Bertz CT molecular complexity index is 494. The fourth-order valence-corrected chi connectivity index (χ4v) is 2.86. The molecule has 1 N–H and O–H groups in total. The van der Waals surface area contributed by atoms with Gasteiger partial charge in [0.25, 0.3) is 0 Å². The van der Waals surface area contributed by atoms with Crippen LogP contribution in [-0.2, 0) is 10.0 Å². The second-order valence-corrected chi connectivity index (χ2v) is 6.43. The van der Waals surface area contributed by atoms with E-state index in [1.54, 1.807) is 25.1 Å². The van der Waals surface area contributed by atoms with Crippen molar-refractivity contribution in [2.45, 2.75) is 31.8 Å². The van der Waals surface area contributed by atoms with E-state index in [0.717, 1.165) is 11.1 Å². The van der Waals surface area contributed by atoms with Gasteiger partial charge < -0.3 is 5.11 Å². The molecule has 0 radical (unpaired) electrons. The van der Waals surface area contributed by atoms with Gasteiger partial charge in [0, 0.05) is 13.6 Å². The highest BCUT2D eigenvalue weighted by Gasteiger charge is 2.21. The second kappa shape index (κ2) is 5.16. The number of rotatable bonds is 4. The average Bonchev–Trinajstić information content (AvgIpc) is 2.20. The van der Waals surface area contributed by atoms with Gasteiger partial charge in [0.05, 0.1) is 11.0 Å². The zero-order valence-corrected chi connectivity index (χ0v) is 11.5. The predicted molar refractivity (Wildman–Crippen MR) is 67.4 cm³/mol. The Morgan fingerprint density at radius 3 is 2.35 bits per heavy atom. The van der Waals surface area contributed by atoms with Gasteiger partial charge in [-0.15, -0.1) is 0 Å². The quantitative estimate of drug-likeness (QED) is 0.884. The van der Waals surface area contributed by atoms with Crippen molar-refractivity contribution in [3.8, 4) is 0 Å². The van der Waals surface area contributed by atoms with Crippen LogP contribution >= 0.6 is 0 Å². The van der Waals surface area contributed by atoms with Gasteiger partial charge in [-0.2, -0.15) is 4.31 Å². The van der Waals surface area contributed by atoms with Gasteiger partial charge in [-0.1, -0.05) is 6.07 Å². The van der Waals surface area contributed by atoms with Crippen LogP contribution in [0, 0.1) is 13.8 Å². The summed E-state index contributed by atoms with van der Waals surface area (Å²) in [6, 6.07) is 5.04. The van der Waals surface area contributed by atoms with Crippen LogP contribution in [0.3, 0.4) is 0 Å². The molecule has 5 heteroatoms. The Labute approximate surface area is 103 Å². The number of benzene rings is 1. The number of hydrogen-bond donors (Lipinski definition) is 1. The number of nitrogens with zero attached hydrogens (tertiary/aromatic N) is 1. The highest BCUT2D eigenvalue weighted by atomic mass is 32.2. The molecule has 0 saturated heterocycles. The summed E-state index contributed by atoms with van der Waals surface area (Å²) >= 11 is 0. The van der Waals surface area contributed by atoms with Crippen LogP contribution < -0.4 is 0 Å². The predicted octanol–water partition coefficient (Wildman–Crippen LogP) is 1.30. The molecule has 96 valence electrons. The number of hydrogen-bond acceptors (Lipinski definition) is 3. The normalized spacial score (nSPS) is 14.0. The van der Waals surface area contributed by atoms with Gasteiger partial charge in [-0.25, -0.2) is 8.42 Å². The summed E-state index contributed by atoms with van der Waals surface area (Å²) in [6.45, 7) is 5.47. The monoisotopic (exact) mass is 257 g/mol. The third-order valence-electron chi connectivity index (χ3n) is 2.71. The lowest BCUT2D eigenvalue weighted by Gasteiger charge is -2.19. The number of aliphatic hydroxyl groups is 1. The maximum atomic E-state index is 12.1. The molecule has 1 aromatic rings. The molecular formula is C12H19NO3S. The molecule has 1 aromatic carbocycles. The van der Waals surface area contributed by atoms with Crippen molar-refractivity contribution < 1.29 is 13.5 Å². The maximum absolute atomic E-state index is 12.1. The van der Waals surface area contributed by atoms with Gasteiger partial charge in [0.1, 0.15) is 0 Å². The third kappa shape index (κ3) is 3.28. The molecule has 0 aliphatic carbocycles. The van der Waals surface area contributed by atoms with Crippen molar-refractivity contribution in [2.24, 2.45) is 0 Å². The molecule has 17 heavy (non-hydrogen) atoms. The molecule has 1 rings (SSSR count). The molecule has 1 unspecified atom stereocenters. The van der Waals surface area contributed by atoms with Crippen LogP contribution in [0.5, 0.6) is 0 Å². The minimum absolute atomic E-state index is 0.0925. The van der Waals surface area contributed by atoms with Crippen LogP contribution in [0.1, 0.15) is 18.1 Å². The fraction of sp³-hybridized carbons (Fsp3) is 0.500. The minimum atomic E-state index is -3.50. The molecular weight excluding hydrogens is 238 g/mol. The van der Waals surface area contributed by atoms with Crippen molar-refractivity contribution in [1.29, 1.82) is 0 Å². The third-order valence-corrected chi connectivity index (χ3v) is 4.53. The first-order chi connectivity index (χ1) is 7.75. The Hall–Kier alpha value is -0.910. The SMILES string of the molecule is Cc1ccc(S(=O)(=O)N(C)CC(C)O)cc1C. The van der Waals surface area contributed by atoms with Gasteiger partial charge in [0.2, 0.25) is 10.0 Å². The number of aliphatic hydroxyl groups excluding tert-OH is 1. The van der Waals surface area contributed by atoms with Crippen LogP contribution in [0.4, 0.5) is 0 Å². The molecule has 0 aromatic heterocycles. The van der Waals surface area contributed by atoms with Gasteiger partial charge in [0.15, 0.2) is 0 Å². The molecule has 0 amide bonds. The van der Waals surface area contributed by atoms with Crippen molar-refractivity contribution >= 4 is 10.0 Å². The molecule has 0 fully saturated rings. The van der Waals surface area contributed by atoms with Gasteiger partial charge in [-0.3, -0.25) is 0 Å². The summed E-state index contributed by atoms with van der Waals surface area (Å²) in [7, 11) is -2.03. The Kier molecular flexibility index (Phi) is 4.30. The van der Waals surface area contributed by atoms with E-state index in [4.69, 9.17) is 0 Å². The Morgan fingerprint density at radius 1 is 1.29 bits per heavy atom. The van der Waals surface area contributed by atoms with E-state index in [1.807, 2.05) is 13.8 Å². The van der Waals surface area contributed by atoms with Crippen LogP contribution in [-0.4, -0.2) is 37.5 Å². The van der Waals surface area contributed by atoms with E-state index < -0.39 is 16.1 Å². The van der Waals surface area contributed by atoms with Crippen molar-refractivity contribution in [3.05, 3.63) is 29.3 Å². The van der Waals surface area contributed by atoms with E-state index in [9.17, 15) is 13.5 Å². The molecule has 0 saturated carbocycles. The highest BCUT2D eigenvalue weighted by Crippen LogP contribution is 2.18. The molecule has 0 spiro atoms. The molecule has 0 aliphatic heterocycles. The summed E-state index contributed by atoms with van der Waals surface area (Å²) in [5.74, 6) is 0. The highest BCUT2D eigenvalue weighted by molar-refractivity contribution is 7.89. The molecule has 4 nitrogen and oxygen atoms in total. The van der Waals surface area contributed by atoms with Crippen molar-refractivity contribution in [3.63, 3.8) is 0 Å². The minimum Gasteiger partial charge on any atom is -0.392 e. The zero-order valence-electron chi connectivity index (χ0n) is 10.6. The summed E-state index contributed by atoms with van der Waals surface area (Å²) < 4.78 is 25.5. The maximum Gasteiger partial charge on any atom is 0.242 e. The lowest BCUT2D eigenvalue weighted by atomic mass is 10.1. The average molecular weight is 257 g/mol. The molecule has 0 aliphatic rings. The standard InChI is InChI=1S/C12H19NO3S/c1-9-5-6-12(7-10(9)2)17(15,16)13(4)8-11(3)14/h5-7,11,14H,8H2,1-4H3. The van der Waals surface area contributed by atoms with E-state index in [-0.39, 0.29) is 11.4 Å². The molecule has 0 bridgehead atoms. The first-order valence-electron chi connectivity index (χ1n) is 5.47. The summed E-state index contributed by atoms with van der Waals surface area (Å²) in [4.78, 5) is 0.267. The first-order valence-corrected chi connectivity index (χ1v) is 6.91. The van der Waals surface area contributed by atoms with E-state index in [2.05, 4.69) is 0 Å². The van der Waals surface area contributed by atoms with Crippen LogP contribution in [0.2, 0.25) is 0 Å². The lowest BCUT2D eigenvalue weighted by Crippen LogP contribution is -2.33. The summed E-state index contributed by atoms with van der Waals surface area (Å²) in [5.41, 5.74) is 2.00. The topological polar surface area (TPSA) is 57.6 Å². The molecule has 1 atom stereocenters. The van der Waals surface area contributed by atoms with Crippen LogP contribution in [0.25, 0.3) is 0 Å². The number of sulfonamides is 1. The number of aryl methyl sites for hydroxylation is 2. The first kappa shape index (κ1) is 14.2.